The fourth-order valence-corrected chi connectivity index (χ4v) is 2.59. The topological polar surface area (TPSA) is 63.7 Å². The number of amides is 1. The Morgan fingerprint density at radius 1 is 1.56 bits per heavy atom. The molecule has 5 heteroatoms. The Kier molecular flexibility index (Phi) is 2.94. The zero-order chi connectivity index (χ0) is 11.7. The van der Waals surface area contributed by atoms with Crippen LogP contribution < -0.4 is 0 Å². The summed E-state index contributed by atoms with van der Waals surface area (Å²) in [5.74, 6) is -0.233. The molecule has 2 heterocycles. The molecule has 1 amide bonds. The number of ether oxygens (including phenoxy) is 1. The molecule has 2 aliphatic heterocycles. The first-order valence-corrected chi connectivity index (χ1v) is 5.53. The summed E-state index contributed by atoms with van der Waals surface area (Å²) in [4.78, 5) is 35.3. The van der Waals surface area contributed by atoms with E-state index >= 15 is 0 Å². The van der Waals surface area contributed by atoms with E-state index in [0.717, 1.165) is 19.1 Å². The molecule has 3 atom stereocenters. The van der Waals surface area contributed by atoms with Crippen molar-refractivity contribution < 1.29 is 19.1 Å². The highest BCUT2D eigenvalue weighted by Gasteiger charge is 2.45. The summed E-state index contributed by atoms with van der Waals surface area (Å²) in [6.45, 7) is 1.87. The number of piperidine rings is 1. The molecule has 0 spiro atoms. The Labute approximate surface area is 93.7 Å². The van der Waals surface area contributed by atoms with E-state index in [-0.39, 0.29) is 36.3 Å². The van der Waals surface area contributed by atoms with Crippen LogP contribution in [0.1, 0.15) is 26.2 Å². The highest BCUT2D eigenvalue weighted by atomic mass is 16.6. The summed E-state index contributed by atoms with van der Waals surface area (Å²) in [5.41, 5.74) is 0. The minimum atomic E-state index is -0.386. The van der Waals surface area contributed by atoms with Gasteiger partial charge in [-0.3, -0.25) is 9.69 Å². The molecule has 0 radical (unpaired) electrons. The molecule has 5 nitrogen and oxygen atoms in total. The molecule has 0 saturated carbocycles. The van der Waals surface area contributed by atoms with Gasteiger partial charge in [0.1, 0.15) is 18.7 Å². The molecule has 0 unspecified atom stereocenters. The number of nitrogens with zero attached hydrogens (tertiary/aromatic N) is 1. The number of carbonyl (C=O) groups is 3. The Bertz CT molecular complexity index is 328. The second-order valence-corrected chi connectivity index (χ2v) is 4.49. The molecule has 2 fully saturated rings. The molecular weight excluding hydrogens is 210 g/mol. The van der Waals surface area contributed by atoms with E-state index in [9.17, 15) is 14.4 Å². The number of aldehydes is 1. The van der Waals surface area contributed by atoms with Crippen LogP contribution in [0.5, 0.6) is 0 Å². The minimum absolute atomic E-state index is 0.00259. The summed E-state index contributed by atoms with van der Waals surface area (Å²) < 4.78 is 4.96. The molecule has 0 bridgehead atoms. The van der Waals surface area contributed by atoms with E-state index in [1.807, 2.05) is 0 Å². The Hall–Kier alpha value is -1.39. The zero-order valence-electron chi connectivity index (χ0n) is 9.22. The maximum Gasteiger partial charge on any atom is 0.410 e. The van der Waals surface area contributed by atoms with Crippen LogP contribution in [0.25, 0.3) is 0 Å². The molecule has 16 heavy (non-hydrogen) atoms. The van der Waals surface area contributed by atoms with Gasteiger partial charge in [-0.05, 0) is 19.8 Å². The molecule has 88 valence electrons. The van der Waals surface area contributed by atoms with Crippen molar-refractivity contribution in [3.05, 3.63) is 0 Å². The van der Waals surface area contributed by atoms with Crippen molar-refractivity contribution in [2.75, 3.05) is 6.61 Å². The highest BCUT2D eigenvalue weighted by molar-refractivity contribution is 5.79. The van der Waals surface area contributed by atoms with E-state index in [2.05, 4.69) is 0 Å². The van der Waals surface area contributed by atoms with Crippen molar-refractivity contribution in [1.29, 1.82) is 0 Å². The van der Waals surface area contributed by atoms with Gasteiger partial charge in [-0.15, -0.1) is 0 Å². The van der Waals surface area contributed by atoms with Crippen LogP contribution in [0, 0.1) is 5.92 Å². The predicted molar refractivity (Wildman–Crippen MR) is 54.8 cm³/mol. The molecule has 2 aliphatic rings. The summed E-state index contributed by atoms with van der Waals surface area (Å²) in [6, 6.07) is -0.253. The molecular formula is C11H15NO4. The molecule has 0 aromatic rings. The predicted octanol–water partition coefficient (Wildman–Crippen LogP) is 0.764. The fourth-order valence-electron chi connectivity index (χ4n) is 2.59. The van der Waals surface area contributed by atoms with E-state index in [1.165, 1.54) is 6.92 Å². The number of cyclic esters (lactones) is 1. The third-order valence-electron chi connectivity index (χ3n) is 3.36. The van der Waals surface area contributed by atoms with Crippen LogP contribution in [-0.4, -0.2) is 41.8 Å². The normalized spacial score (nSPS) is 33.2. The van der Waals surface area contributed by atoms with E-state index in [0.29, 0.717) is 6.61 Å². The van der Waals surface area contributed by atoms with Crippen LogP contribution in [0.3, 0.4) is 0 Å². The van der Waals surface area contributed by atoms with Crippen LogP contribution in [-0.2, 0) is 14.3 Å². The van der Waals surface area contributed by atoms with Crippen molar-refractivity contribution in [3.63, 3.8) is 0 Å². The largest absolute Gasteiger partial charge is 0.447 e. The van der Waals surface area contributed by atoms with Gasteiger partial charge in [0.2, 0.25) is 0 Å². The molecule has 2 saturated heterocycles. The summed E-state index contributed by atoms with van der Waals surface area (Å²) >= 11 is 0. The average Bonchev–Trinajstić information content (AvgIpc) is 2.60. The summed E-state index contributed by atoms with van der Waals surface area (Å²) in [7, 11) is 0. The van der Waals surface area contributed by atoms with Crippen molar-refractivity contribution in [3.8, 4) is 0 Å². The quantitative estimate of drug-likeness (QED) is 0.665. The molecule has 2 rings (SSSR count). The number of Topliss-reactive ketones (excluding diaryl/α,β-unsaturated/α-hetero) is 1. The number of hydrogen-bond donors (Lipinski definition) is 0. The lowest BCUT2D eigenvalue weighted by molar-refractivity contribution is -0.120. The lowest BCUT2D eigenvalue weighted by atomic mass is 9.85. The zero-order valence-corrected chi connectivity index (χ0v) is 9.22. The number of carbonyl (C=O) groups excluding carboxylic acids is 3. The van der Waals surface area contributed by atoms with E-state index in [1.54, 1.807) is 4.90 Å². The smallest absolute Gasteiger partial charge is 0.410 e. The lowest BCUT2D eigenvalue weighted by Gasteiger charge is -2.38. The minimum Gasteiger partial charge on any atom is -0.447 e. The van der Waals surface area contributed by atoms with Crippen LogP contribution in [0.15, 0.2) is 0 Å². The van der Waals surface area contributed by atoms with Crippen molar-refractivity contribution >= 4 is 18.2 Å². The van der Waals surface area contributed by atoms with Gasteiger partial charge in [-0.2, -0.15) is 0 Å². The van der Waals surface area contributed by atoms with Gasteiger partial charge in [-0.25, -0.2) is 4.79 Å². The van der Waals surface area contributed by atoms with Gasteiger partial charge < -0.3 is 9.53 Å². The van der Waals surface area contributed by atoms with E-state index in [4.69, 9.17) is 4.74 Å². The molecule has 0 aromatic heterocycles. The Morgan fingerprint density at radius 3 is 2.94 bits per heavy atom. The maximum absolute atomic E-state index is 11.5. The third kappa shape index (κ3) is 1.81. The second-order valence-electron chi connectivity index (χ2n) is 4.49. The summed E-state index contributed by atoms with van der Waals surface area (Å²) in [5, 5.41) is 0. The first-order valence-electron chi connectivity index (χ1n) is 5.53. The first-order chi connectivity index (χ1) is 7.63. The van der Waals surface area contributed by atoms with E-state index < -0.39 is 0 Å². The average molecular weight is 225 g/mol. The molecule has 0 N–H and O–H groups in total. The standard InChI is InChI=1S/C11H15NO4/c1-7(14)4-10-8(5-13)2-3-9-6-16-11(15)12(9)10/h5,8-10H,2-4,6H2,1H3/t8-,9+,10-/m1/s1. The molecule has 0 aromatic carbocycles. The summed E-state index contributed by atoms with van der Waals surface area (Å²) in [6.07, 6.45) is 2.23. The van der Waals surface area contributed by atoms with Gasteiger partial charge in [0.05, 0.1) is 12.1 Å². The van der Waals surface area contributed by atoms with Crippen LogP contribution in [0.4, 0.5) is 4.79 Å². The number of hydrogen-bond acceptors (Lipinski definition) is 4. The number of ketones is 1. The monoisotopic (exact) mass is 225 g/mol. The van der Waals surface area contributed by atoms with Gasteiger partial charge in [0.25, 0.3) is 0 Å². The van der Waals surface area contributed by atoms with Gasteiger partial charge in [-0.1, -0.05) is 0 Å². The van der Waals surface area contributed by atoms with Crippen molar-refractivity contribution in [2.24, 2.45) is 5.92 Å². The van der Waals surface area contributed by atoms with Crippen LogP contribution >= 0.6 is 0 Å². The first kappa shape index (κ1) is 11.1. The Balaban J connectivity index is 2.20. The third-order valence-corrected chi connectivity index (χ3v) is 3.36. The second kappa shape index (κ2) is 4.23. The van der Waals surface area contributed by atoms with Gasteiger partial charge in [0, 0.05) is 12.3 Å². The van der Waals surface area contributed by atoms with Crippen LogP contribution in [0.2, 0.25) is 0 Å². The maximum atomic E-state index is 11.5. The Morgan fingerprint density at radius 2 is 2.31 bits per heavy atom. The van der Waals surface area contributed by atoms with Gasteiger partial charge >= 0.3 is 6.09 Å². The lowest BCUT2D eigenvalue weighted by Crippen LogP contribution is -2.51. The fraction of sp³-hybridized carbons (Fsp3) is 0.727. The van der Waals surface area contributed by atoms with Crippen molar-refractivity contribution in [1.82, 2.24) is 4.90 Å². The number of fused-ring (bicyclic) bond motifs is 1. The van der Waals surface area contributed by atoms with Crippen molar-refractivity contribution in [2.45, 2.75) is 38.3 Å². The highest BCUT2D eigenvalue weighted by Crippen LogP contribution is 2.33. The van der Waals surface area contributed by atoms with Gasteiger partial charge in [0.15, 0.2) is 0 Å². The molecule has 0 aliphatic carbocycles. The number of rotatable bonds is 3. The SMILES string of the molecule is CC(=O)C[C@@H]1[C@@H](C=O)CC[C@H]2COC(=O)N21.